The molecule has 1 N–H and O–H groups in total. The first kappa shape index (κ1) is 17.5. The maximum atomic E-state index is 12.9. The van der Waals surface area contributed by atoms with Gasteiger partial charge in [-0.05, 0) is 18.9 Å². The predicted octanol–water partition coefficient (Wildman–Crippen LogP) is 3.17. The molecule has 4 rings (SSSR count). The van der Waals surface area contributed by atoms with Crippen molar-refractivity contribution in [3.8, 4) is 0 Å². The Balaban J connectivity index is 1.56. The molecule has 27 heavy (non-hydrogen) atoms. The summed E-state index contributed by atoms with van der Waals surface area (Å²) < 4.78 is 7.39. The van der Waals surface area contributed by atoms with Gasteiger partial charge in [-0.3, -0.25) is 9.59 Å². The number of carbonyl (C=O) groups is 2. The lowest BCUT2D eigenvalue weighted by atomic mass is 10.0. The van der Waals surface area contributed by atoms with Gasteiger partial charge < -0.3 is 14.6 Å². The fourth-order valence-electron chi connectivity index (χ4n) is 3.55. The summed E-state index contributed by atoms with van der Waals surface area (Å²) in [6, 6.07) is 16.9. The molecule has 0 unspecified atom stereocenters. The second-order valence-corrected chi connectivity index (χ2v) is 6.82. The van der Waals surface area contributed by atoms with Gasteiger partial charge in [-0.1, -0.05) is 48.5 Å². The van der Waals surface area contributed by atoms with E-state index in [1.165, 1.54) is 0 Å². The number of para-hydroxylation sites is 1. The third-order valence-corrected chi connectivity index (χ3v) is 4.93. The highest BCUT2D eigenvalue weighted by Gasteiger charge is 2.19. The maximum Gasteiger partial charge on any atom is 0.240 e. The second kappa shape index (κ2) is 7.76. The molecule has 0 saturated carbocycles. The van der Waals surface area contributed by atoms with E-state index in [4.69, 9.17) is 4.74 Å². The van der Waals surface area contributed by atoms with Crippen molar-refractivity contribution >= 4 is 22.6 Å². The standard InChI is InChI=1S/C22H22N2O3/c25-21(23-13-17-9-6-12-27-17)15-24-14-19(18-10-4-5-11-20(18)24)22(26)16-7-2-1-3-8-16/h1-5,7-8,10-11,14,17H,6,9,12-13,15H2,(H,23,25)/t17-/m0/s1. The van der Waals surface area contributed by atoms with E-state index in [1.54, 1.807) is 6.20 Å². The predicted molar refractivity (Wildman–Crippen MR) is 104 cm³/mol. The largest absolute Gasteiger partial charge is 0.376 e. The second-order valence-electron chi connectivity index (χ2n) is 6.82. The van der Waals surface area contributed by atoms with E-state index in [1.807, 2.05) is 59.2 Å². The van der Waals surface area contributed by atoms with Crippen molar-refractivity contribution in [3.63, 3.8) is 0 Å². The van der Waals surface area contributed by atoms with Crippen LogP contribution in [-0.2, 0) is 16.1 Å². The van der Waals surface area contributed by atoms with Crippen molar-refractivity contribution in [3.05, 3.63) is 71.9 Å². The molecule has 0 spiro atoms. The summed E-state index contributed by atoms with van der Waals surface area (Å²) in [6.45, 7) is 1.48. The summed E-state index contributed by atoms with van der Waals surface area (Å²) in [5.41, 5.74) is 2.14. The number of rotatable bonds is 6. The highest BCUT2D eigenvalue weighted by Crippen LogP contribution is 2.24. The van der Waals surface area contributed by atoms with Crippen LogP contribution >= 0.6 is 0 Å². The summed E-state index contributed by atoms with van der Waals surface area (Å²) in [5, 5.41) is 3.80. The lowest BCUT2D eigenvalue weighted by molar-refractivity contribution is -0.122. The Kier molecular flexibility index (Phi) is 5.03. The molecule has 0 radical (unpaired) electrons. The molecule has 0 bridgehead atoms. The van der Waals surface area contributed by atoms with Gasteiger partial charge in [0.1, 0.15) is 6.54 Å². The molecular formula is C22H22N2O3. The van der Waals surface area contributed by atoms with Crippen LogP contribution < -0.4 is 5.32 Å². The number of aromatic nitrogens is 1. The monoisotopic (exact) mass is 362 g/mol. The van der Waals surface area contributed by atoms with Crippen LogP contribution in [0.5, 0.6) is 0 Å². The van der Waals surface area contributed by atoms with E-state index in [0.717, 1.165) is 30.4 Å². The number of hydrogen-bond donors (Lipinski definition) is 1. The fraction of sp³-hybridized carbons (Fsp3) is 0.273. The van der Waals surface area contributed by atoms with Gasteiger partial charge in [-0.25, -0.2) is 0 Å². The minimum atomic E-state index is -0.0787. The quantitative estimate of drug-likeness (QED) is 0.685. The average Bonchev–Trinajstić information content (AvgIpc) is 3.35. The minimum absolute atomic E-state index is 0.0367. The Labute approximate surface area is 157 Å². The van der Waals surface area contributed by atoms with Gasteiger partial charge in [0.15, 0.2) is 5.78 Å². The number of amides is 1. The number of nitrogens with zero attached hydrogens (tertiary/aromatic N) is 1. The van der Waals surface area contributed by atoms with Crippen LogP contribution in [0.25, 0.3) is 10.9 Å². The van der Waals surface area contributed by atoms with Crippen LogP contribution in [0.1, 0.15) is 28.8 Å². The molecule has 2 heterocycles. The number of hydrogen-bond acceptors (Lipinski definition) is 3. The zero-order chi connectivity index (χ0) is 18.6. The molecule has 1 amide bonds. The highest BCUT2D eigenvalue weighted by atomic mass is 16.5. The SMILES string of the molecule is O=C(Cn1cc(C(=O)c2ccccc2)c2ccccc21)NC[C@@H]1CCCO1. The molecule has 1 aliphatic rings. The molecule has 1 aliphatic heterocycles. The Morgan fingerprint density at radius 1 is 1.07 bits per heavy atom. The molecule has 2 aromatic carbocycles. The number of ketones is 1. The van der Waals surface area contributed by atoms with Crippen molar-refractivity contribution < 1.29 is 14.3 Å². The summed E-state index contributed by atoms with van der Waals surface area (Å²) in [7, 11) is 0. The number of nitrogens with one attached hydrogen (secondary N) is 1. The summed E-state index contributed by atoms with van der Waals surface area (Å²) in [4.78, 5) is 25.3. The third kappa shape index (κ3) is 3.78. The molecule has 3 aromatic rings. The van der Waals surface area contributed by atoms with E-state index in [9.17, 15) is 9.59 Å². The van der Waals surface area contributed by atoms with Gasteiger partial charge in [-0.15, -0.1) is 0 Å². The van der Waals surface area contributed by atoms with Gasteiger partial charge in [0, 0.05) is 41.4 Å². The van der Waals surface area contributed by atoms with Gasteiger partial charge in [0.05, 0.1) is 6.10 Å². The first-order chi connectivity index (χ1) is 13.2. The Hall–Kier alpha value is -2.92. The van der Waals surface area contributed by atoms with Crippen LogP contribution in [0, 0.1) is 0 Å². The van der Waals surface area contributed by atoms with E-state index in [-0.39, 0.29) is 24.3 Å². The summed E-state index contributed by atoms with van der Waals surface area (Å²) in [6.07, 6.45) is 3.94. The summed E-state index contributed by atoms with van der Waals surface area (Å²) in [5.74, 6) is -0.115. The van der Waals surface area contributed by atoms with E-state index < -0.39 is 0 Å². The first-order valence-electron chi connectivity index (χ1n) is 9.28. The Morgan fingerprint density at radius 3 is 2.63 bits per heavy atom. The summed E-state index contributed by atoms with van der Waals surface area (Å²) >= 11 is 0. The molecular weight excluding hydrogens is 340 g/mol. The average molecular weight is 362 g/mol. The fourth-order valence-corrected chi connectivity index (χ4v) is 3.55. The number of fused-ring (bicyclic) bond motifs is 1. The zero-order valence-corrected chi connectivity index (χ0v) is 15.1. The highest BCUT2D eigenvalue weighted by molar-refractivity contribution is 6.16. The van der Waals surface area contributed by atoms with Crippen molar-refractivity contribution in [2.75, 3.05) is 13.2 Å². The molecule has 5 nitrogen and oxygen atoms in total. The van der Waals surface area contributed by atoms with Crippen molar-refractivity contribution in [2.24, 2.45) is 0 Å². The molecule has 138 valence electrons. The van der Waals surface area contributed by atoms with Crippen LogP contribution in [0.3, 0.4) is 0 Å². The molecule has 0 aliphatic carbocycles. The van der Waals surface area contributed by atoms with Gasteiger partial charge in [0.2, 0.25) is 5.91 Å². The van der Waals surface area contributed by atoms with Gasteiger partial charge in [0.25, 0.3) is 0 Å². The van der Waals surface area contributed by atoms with Gasteiger partial charge >= 0.3 is 0 Å². The lowest BCUT2D eigenvalue weighted by Gasteiger charge is -2.11. The topological polar surface area (TPSA) is 60.3 Å². The normalized spacial score (nSPS) is 16.5. The number of carbonyl (C=O) groups excluding carboxylic acids is 2. The van der Waals surface area contributed by atoms with Crippen LogP contribution in [0.4, 0.5) is 0 Å². The number of ether oxygens (including phenoxy) is 1. The van der Waals surface area contributed by atoms with Crippen LogP contribution in [-0.4, -0.2) is 35.5 Å². The van der Waals surface area contributed by atoms with E-state index in [0.29, 0.717) is 17.7 Å². The Morgan fingerprint density at radius 2 is 1.85 bits per heavy atom. The lowest BCUT2D eigenvalue weighted by Crippen LogP contribution is -2.34. The molecule has 1 atom stereocenters. The van der Waals surface area contributed by atoms with Crippen molar-refractivity contribution in [2.45, 2.75) is 25.5 Å². The Bertz CT molecular complexity index is 956. The van der Waals surface area contributed by atoms with Crippen LogP contribution in [0.2, 0.25) is 0 Å². The third-order valence-electron chi connectivity index (χ3n) is 4.93. The van der Waals surface area contributed by atoms with E-state index in [2.05, 4.69) is 5.32 Å². The maximum absolute atomic E-state index is 12.9. The molecule has 1 saturated heterocycles. The van der Waals surface area contributed by atoms with Gasteiger partial charge in [-0.2, -0.15) is 0 Å². The number of benzene rings is 2. The smallest absolute Gasteiger partial charge is 0.240 e. The first-order valence-corrected chi connectivity index (χ1v) is 9.28. The molecule has 1 fully saturated rings. The molecule has 1 aromatic heterocycles. The van der Waals surface area contributed by atoms with Crippen molar-refractivity contribution in [1.29, 1.82) is 0 Å². The van der Waals surface area contributed by atoms with Crippen LogP contribution in [0.15, 0.2) is 60.8 Å². The van der Waals surface area contributed by atoms with E-state index >= 15 is 0 Å². The van der Waals surface area contributed by atoms with Crippen molar-refractivity contribution in [1.82, 2.24) is 9.88 Å². The molecule has 5 heteroatoms. The minimum Gasteiger partial charge on any atom is -0.376 e. The zero-order valence-electron chi connectivity index (χ0n) is 15.1.